The Bertz CT molecular complexity index is 677. The molecule has 8 heteroatoms. The Morgan fingerprint density at radius 3 is 2.27 bits per heavy atom. The summed E-state index contributed by atoms with van der Waals surface area (Å²) < 4.78 is 46.2. The molecule has 2 aliphatic rings. The van der Waals surface area contributed by atoms with Crippen molar-refractivity contribution in [2.45, 2.75) is 57.0 Å². The summed E-state index contributed by atoms with van der Waals surface area (Å²) in [6, 6.07) is 5.11. The third kappa shape index (κ3) is 4.11. The van der Waals surface area contributed by atoms with E-state index in [1.807, 2.05) is 0 Å². The zero-order chi connectivity index (χ0) is 18.9. The number of rotatable bonds is 3. The molecule has 0 radical (unpaired) electrons. The van der Waals surface area contributed by atoms with Gasteiger partial charge in [-0.15, -0.1) is 13.2 Å². The van der Waals surface area contributed by atoms with E-state index in [4.69, 9.17) is 4.74 Å². The topological polar surface area (TPSA) is 55.8 Å². The fourth-order valence-corrected chi connectivity index (χ4v) is 3.53. The van der Waals surface area contributed by atoms with Crippen LogP contribution in [-0.2, 0) is 9.53 Å². The number of carbonyl (C=O) groups is 2. The molecule has 0 unspecified atom stereocenters. The monoisotopic (exact) mass is 371 g/mol. The lowest BCUT2D eigenvalue weighted by Gasteiger charge is -2.44. The fourth-order valence-electron chi connectivity index (χ4n) is 3.53. The molecule has 1 spiro atoms. The van der Waals surface area contributed by atoms with Crippen LogP contribution in [0.3, 0.4) is 0 Å². The van der Waals surface area contributed by atoms with Crippen molar-refractivity contribution in [1.82, 2.24) is 4.90 Å². The van der Waals surface area contributed by atoms with Crippen LogP contribution in [0.2, 0.25) is 0 Å². The lowest BCUT2D eigenvalue weighted by atomic mass is 9.80. The normalized spacial score (nSPS) is 21.5. The minimum Gasteiger partial charge on any atom is -0.443 e. The van der Waals surface area contributed by atoms with Crippen LogP contribution in [0.25, 0.3) is 0 Å². The maximum absolute atomic E-state index is 12.5. The second kappa shape index (κ2) is 6.81. The standard InChI is InChI=1S/C18H20F3NO4/c1-12(13-2-4-15(5-3-13)25-18(19,20)21)22-11-10-17(26-16(22)24)8-6-14(23)7-9-17/h2-5,12H,6-11H2,1H3/t12-/m0/s1. The lowest BCUT2D eigenvalue weighted by Crippen LogP contribution is -2.51. The van der Waals surface area contributed by atoms with Gasteiger partial charge in [-0.3, -0.25) is 4.79 Å². The molecular formula is C18H20F3NO4. The molecule has 1 amide bonds. The number of hydrogen-bond acceptors (Lipinski definition) is 4. The Balaban J connectivity index is 1.64. The molecule has 142 valence electrons. The molecule has 1 saturated carbocycles. The molecule has 0 N–H and O–H groups in total. The van der Waals surface area contributed by atoms with Gasteiger partial charge in [-0.2, -0.15) is 0 Å². The predicted molar refractivity (Wildman–Crippen MR) is 85.6 cm³/mol. The highest BCUT2D eigenvalue weighted by Gasteiger charge is 2.44. The summed E-state index contributed by atoms with van der Waals surface area (Å²) in [6.07, 6.45) is -2.56. The first kappa shape index (κ1) is 18.5. The van der Waals surface area contributed by atoms with Crippen molar-refractivity contribution in [3.63, 3.8) is 0 Å². The van der Waals surface area contributed by atoms with Crippen molar-refractivity contribution in [2.24, 2.45) is 0 Å². The third-order valence-corrected chi connectivity index (χ3v) is 5.13. The largest absolute Gasteiger partial charge is 0.573 e. The van der Waals surface area contributed by atoms with Crippen LogP contribution in [0.5, 0.6) is 5.75 Å². The molecule has 0 aromatic heterocycles. The van der Waals surface area contributed by atoms with Crippen LogP contribution in [-0.4, -0.2) is 35.3 Å². The first-order valence-electron chi connectivity index (χ1n) is 8.54. The summed E-state index contributed by atoms with van der Waals surface area (Å²) in [5.41, 5.74) is 0.136. The highest BCUT2D eigenvalue weighted by molar-refractivity contribution is 5.80. The van der Waals surface area contributed by atoms with Gasteiger partial charge in [-0.1, -0.05) is 12.1 Å². The second-order valence-corrected chi connectivity index (χ2v) is 6.83. The molecule has 1 aliphatic heterocycles. The maximum atomic E-state index is 12.5. The summed E-state index contributed by atoms with van der Waals surface area (Å²) in [6.45, 7) is 2.28. The molecule has 1 heterocycles. The fraction of sp³-hybridized carbons (Fsp3) is 0.556. The van der Waals surface area contributed by atoms with Gasteiger partial charge < -0.3 is 14.4 Å². The van der Waals surface area contributed by atoms with Gasteiger partial charge in [0, 0.05) is 25.8 Å². The Hall–Kier alpha value is -2.25. The molecule has 1 aliphatic carbocycles. The molecular weight excluding hydrogens is 351 g/mol. The smallest absolute Gasteiger partial charge is 0.443 e. The molecule has 3 rings (SSSR count). The van der Waals surface area contributed by atoms with Gasteiger partial charge in [-0.05, 0) is 37.5 Å². The summed E-state index contributed by atoms with van der Waals surface area (Å²) in [7, 11) is 0. The van der Waals surface area contributed by atoms with Gasteiger partial charge in [-0.25, -0.2) is 4.79 Å². The van der Waals surface area contributed by atoms with Gasteiger partial charge in [0.05, 0.1) is 6.04 Å². The average molecular weight is 371 g/mol. The van der Waals surface area contributed by atoms with Gasteiger partial charge in [0.15, 0.2) is 0 Å². The number of halogens is 3. The van der Waals surface area contributed by atoms with E-state index >= 15 is 0 Å². The number of benzene rings is 1. The summed E-state index contributed by atoms with van der Waals surface area (Å²) in [5, 5.41) is 0. The van der Waals surface area contributed by atoms with E-state index in [9.17, 15) is 22.8 Å². The van der Waals surface area contributed by atoms with E-state index in [1.165, 1.54) is 24.3 Å². The second-order valence-electron chi connectivity index (χ2n) is 6.83. The molecule has 1 saturated heterocycles. The lowest BCUT2D eigenvalue weighted by molar-refractivity contribution is -0.274. The quantitative estimate of drug-likeness (QED) is 0.792. The van der Waals surface area contributed by atoms with Crippen molar-refractivity contribution >= 4 is 11.9 Å². The Morgan fingerprint density at radius 1 is 1.12 bits per heavy atom. The van der Waals surface area contributed by atoms with E-state index in [1.54, 1.807) is 11.8 Å². The Kier molecular flexibility index (Phi) is 4.86. The molecule has 1 atom stereocenters. The van der Waals surface area contributed by atoms with E-state index in [2.05, 4.69) is 4.74 Å². The molecule has 26 heavy (non-hydrogen) atoms. The number of carbonyl (C=O) groups excluding carboxylic acids is 2. The minimum atomic E-state index is -4.74. The van der Waals surface area contributed by atoms with E-state index in [0.29, 0.717) is 44.2 Å². The number of nitrogens with zero attached hydrogens (tertiary/aromatic N) is 1. The molecule has 1 aromatic carbocycles. The van der Waals surface area contributed by atoms with Crippen LogP contribution in [0.15, 0.2) is 24.3 Å². The molecule has 1 aromatic rings. The zero-order valence-electron chi connectivity index (χ0n) is 14.3. The van der Waals surface area contributed by atoms with Crippen LogP contribution >= 0.6 is 0 Å². The Morgan fingerprint density at radius 2 is 1.73 bits per heavy atom. The highest BCUT2D eigenvalue weighted by atomic mass is 19.4. The number of amides is 1. The predicted octanol–water partition coefficient (Wildman–Crippen LogP) is 4.37. The van der Waals surface area contributed by atoms with Crippen molar-refractivity contribution in [2.75, 3.05) is 6.54 Å². The number of Topliss-reactive ketones (excluding diaryl/α,β-unsaturated/α-hetero) is 1. The zero-order valence-corrected chi connectivity index (χ0v) is 14.3. The summed E-state index contributed by atoms with van der Waals surface area (Å²) in [5.74, 6) is -0.107. The first-order valence-corrected chi connectivity index (χ1v) is 8.54. The van der Waals surface area contributed by atoms with Crippen molar-refractivity contribution in [1.29, 1.82) is 0 Å². The molecule has 2 fully saturated rings. The summed E-state index contributed by atoms with van der Waals surface area (Å²) >= 11 is 0. The van der Waals surface area contributed by atoms with E-state index < -0.39 is 18.1 Å². The van der Waals surface area contributed by atoms with Crippen LogP contribution in [0.1, 0.15) is 50.6 Å². The average Bonchev–Trinajstić information content (AvgIpc) is 2.57. The van der Waals surface area contributed by atoms with Crippen LogP contribution < -0.4 is 4.74 Å². The van der Waals surface area contributed by atoms with Crippen LogP contribution in [0.4, 0.5) is 18.0 Å². The van der Waals surface area contributed by atoms with E-state index in [-0.39, 0.29) is 17.6 Å². The number of ether oxygens (including phenoxy) is 2. The number of hydrogen-bond donors (Lipinski definition) is 0. The molecule has 5 nitrogen and oxygen atoms in total. The SMILES string of the molecule is C[C@@H](c1ccc(OC(F)(F)F)cc1)N1CCC2(CCC(=O)CC2)OC1=O. The first-order chi connectivity index (χ1) is 12.2. The Labute approximate surface area is 149 Å². The van der Waals surface area contributed by atoms with Gasteiger partial charge in [0.1, 0.15) is 17.1 Å². The van der Waals surface area contributed by atoms with Crippen molar-refractivity contribution in [3.8, 4) is 5.75 Å². The number of ketones is 1. The van der Waals surface area contributed by atoms with Gasteiger partial charge >= 0.3 is 12.5 Å². The third-order valence-electron chi connectivity index (χ3n) is 5.13. The van der Waals surface area contributed by atoms with Crippen LogP contribution in [0, 0.1) is 0 Å². The van der Waals surface area contributed by atoms with Gasteiger partial charge in [0.25, 0.3) is 0 Å². The maximum Gasteiger partial charge on any atom is 0.573 e. The minimum absolute atomic E-state index is 0.198. The molecule has 0 bridgehead atoms. The van der Waals surface area contributed by atoms with Gasteiger partial charge in [0.2, 0.25) is 0 Å². The summed E-state index contributed by atoms with van der Waals surface area (Å²) in [4.78, 5) is 25.4. The number of alkyl halides is 3. The van der Waals surface area contributed by atoms with Crippen molar-refractivity contribution in [3.05, 3.63) is 29.8 Å². The van der Waals surface area contributed by atoms with Crippen molar-refractivity contribution < 1.29 is 32.2 Å². The highest BCUT2D eigenvalue weighted by Crippen LogP contribution is 2.38. The van der Waals surface area contributed by atoms with E-state index in [0.717, 1.165) is 0 Å².